The molecule has 1 unspecified atom stereocenters. The molecule has 3 N–H and O–H groups in total. The van der Waals surface area contributed by atoms with Crippen molar-refractivity contribution in [2.45, 2.75) is 38.1 Å². The van der Waals surface area contributed by atoms with E-state index >= 15 is 0 Å². The maximum atomic E-state index is 12.7. The lowest BCUT2D eigenvalue weighted by Gasteiger charge is -2.32. The number of carbonyl (C=O) groups excluding carboxylic acids is 2. The number of ether oxygens (including phenoxy) is 1. The topological polar surface area (TPSA) is 84.7 Å². The first kappa shape index (κ1) is 17.7. The maximum Gasteiger partial charge on any atom is 0.231 e. The minimum absolute atomic E-state index is 0.0211. The number of hydrogen-bond donors (Lipinski definition) is 2. The quantitative estimate of drug-likeness (QED) is 0.844. The van der Waals surface area contributed by atoms with Crippen molar-refractivity contribution in [1.29, 1.82) is 0 Å². The predicted molar refractivity (Wildman–Crippen MR) is 95.2 cm³/mol. The summed E-state index contributed by atoms with van der Waals surface area (Å²) in [6.45, 7) is 1.78. The van der Waals surface area contributed by atoms with Crippen LogP contribution in [0.4, 0.5) is 0 Å². The van der Waals surface area contributed by atoms with Crippen LogP contribution in [0, 0.1) is 5.92 Å². The third-order valence-electron chi connectivity index (χ3n) is 5.32. The Morgan fingerprint density at radius 2 is 2.04 bits per heavy atom. The van der Waals surface area contributed by atoms with E-state index in [2.05, 4.69) is 17.4 Å². The van der Waals surface area contributed by atoms with E-state index in [9.17, 15) is 9.59 Å². The van der Waals surface area contributed by atoms with E-state index in [4.69, 9.17) is 10.5 Å². The van der Waals surface area contributed by atoms with E-state index in [0.29, 0.717) is 0 Å². The highest BCUT2D eigenvalue weighted by atomic mass is 16.5. The van der Waals surface area contributed by atoms with Gasteiger partial charge in [-0.3, -0.25) is 14.5 Å². The van der Waals surface area contributed by atoms with Crippen LogP contribution >= 0.6 is 0 Å². The molecule has 1 aromatic carbocycles. The van der Waals surface area contributed by atoms with Crippen LogP contribution in [0.2, 0.25) is 0 Å². The Balaban J connectivity index is 1.58. The minimum Gasteiger partial charge on any atom is -0.497 e. The summed E-state index contributed by atoms with van der Waals surface area (Å²) >= 11 is 0. The van der Waals surface area contributed by atoms with Gasteiger partial charge >= 0.3 is 0 Å². The molecule has 25 heavy (non-hydrogen) atoms. The zero-order valence-electron chi connectivity index (χ0n) is 14.8. The molecule has 0 saturated carbocycles. The van der Waals surface area contributed by atoms with E-state index in [0.717, 1.165) is 50.9 Å². The number of methoxy groups -OCH3 is 1. The lowest BCUT2D eigenvalue weighted by Crippen LogP contribution is -2.44. The second-order valence-corrected chi connectivity index (χ2v) is 7.03. The fourth-order valence-electron chi connectivity index (χ4n) is 3.93. The number of nitrogens with two attached hydrogens (primary N) is 1. The van der Waals surface area contributed by atoms with Crippen molar-refractivity contribution in [3.63, 3.8) is 0 Å². The van der Waals surface area contributed by atoms with Crippen LogP contribution in [-0.2, 0) is 16.0 Å². The van der Waals surface area contributed by atoms with Gasteiger partial charge in [-0.15, -0.1) is 0 Å². The Morgan fingerprint density at radius 3 is 2.72 bits per heavy atom. The fraction of sp³-hybridized carbons (Fsp3) is 0.579. The second-order valence-electron chi connectivity index (χ2n) is 7.03. The first-order chi connectivity index (χ1) is 12.1. The molecule has 0 bridgehead atoms. The maximum absolute atomic E-state index is 12.7. The van der Waals surface area contributed by atoms with Crippen molar-refractivity contribution >= 4 is 11.8 Å². The van der Waals surface area contributed by atoms with Crippen LogP contribution < -0.4 is 15.8 Å². The normalized spacial score (nSPS) is 21.4. The van der Waals surface area contributed by atoms with Gasteiger partial charge in [-0.2, -0.15) is 0 Å². The highest BCUT2D eigenvalue weighted by molar-refractivity contribution is 5.79. The third-order valence-corrected chi connectivity index (χ3v) is 5.32. The van der Waals surface area contributed by atoms with E-state index < -0.39 is 0 Å². The molecule has 6 heteroatoms. The first-order valence-corrected chi connectivity index (χ1v) is 9.04. The number of rotatable bonds is 5. The van der Waals surface area contributed by atoms with Crippen LogP contribution in [-0.4, -0.2) is 43.5 Å². The Bertz CT molecular complexity index is 639. The molecule has 1 saturated heterocycles. The lowest BCUT2D eigenvalue weighted by atomic mass is 9.86. The van der Waals surface area contributed by atoms with Crippen LogP contribution in [0.1, 0.15) is 42.9 Å². The minimum atomic E-state index is -0.308. The summed E-state index contributed by atoms with van der Waals surface area (Å²) < 4.78 is 5.30. The highest BCUT2D eigenvalue weighted by Crippen LogP contribution is 2.32. The Morgan fingerprint density at radius 1 is 1.28 bits per heavy atom. The number of aryl methyl sites for hydroxylation is 1. The van der Waals surface area contributed by atoms with Crippen LogP contribution in [0.5, 0.6) is 5.75 Å². The predicted octanol–water partition coefficient (Wildman–Crippen LogP) is 1.39. The average molecular weight is 345 g/mol. The number of carbonyl (C=O) groups is 2. The number of nitrogens with one attached hydrogen (secondary N) is 1. The number of benzene rings is 1. The molecule has 1 aliphatic carbocycles. The van der Waals surface area contributed by atoms with Gasteiger partial charge in [0.1, 0.15) is 5.75 Å². The molecule has 1 fully saturated rings. The number of amides is 2. The molecule has 1 atom stereocenters. The van der Waals surface area contributed by atoms with Crippen molar-refractivity contribution < 1.29 is 14.3 Å². The van der Waals surface area contributed by atoms with Crippen LogP contribution in [0.3, 0.4) is 0 Å². The van der Waals surface area contributed by atoms with Gasteiger partial charge < -0.3 is 15.8 Å². The van der Waals surface area contributed by atoms with Crippen molar-refractivity contribution in [3.05, 3.63) is 29.3 Å². The fourth-order valence-corrected chi connectivity index (χ4v) is 3.93. The molecule has 1 heterocycles. The molecule has 6 nitrogen and oxygen atoms in total. The average Bonchev–Trinajstić information content (AvgIpc) is 2.61. The SMILES string of the molecule is COc1ccc2c(c1)CCCC2NC(=O)C1CCN(CC(N)=O)CC1. The van der Waals surface area contributed by atoms with E-state index in [-0.39, 0.29) is 30.3 Å². The van der Waals surface area contributed by atoms with E-state index in [1.54, 1.807) is 7.11 Å². The van der Waals surface area contributed by atoms with Crippen molar-refractivity contribution in [3.8, 4) is 5.75 Å². The molecule has 0 radical (unpaired) electrons. The molecule has 136 valence electrons. The van der Waals surface area contributed by atoms with Gasteiger partial charge in [-0.25, -0.2) is 0 Å². The summed E-state index contributed by atoms with van der Waals surface area (Å²) in [6, 6.07) is 6.21. The van der Waals surface area contributed by atoms with Crippen molar-refractivity contribution in [1.82, 2.24) is 10.2 Å². The molecular weight excluding hydrogens is 318 g/mol. The number of fused-ring (bicyclic) bond motifs is 1. The largest absolute Gasteiger partial charge is 0.497 e. The monoisotopic (exact) mass is 345 g/mol. The molecule has 2 amide bonds. The van der Waals surface area contributed by atoms with Crippen LogP contribution in [0.25, 0.3) is 0 Å². The number of hydrogen-bond acceptors (Lipinski definition) is 4. The zero-order valence-corrected chi connectivity index (χ0v) is 14.8. The molecule has 3 rings (SSSR count). The molecule has 2 aliphatic rings. The summed E-state index contributed by atoms with van der Waals surface area (Å²) in [5, 5.41) is 3.25. The van der Waals surface area contributed by atoms with Gasteiger partial charge in [-0.05, 0) is 68.5 Å². The van der Waals surface area contributed by atoms with E-state index in [1.807, 2.05) is 11.0 Å². The number of likely N-dealkylation sites (tertiary alicyclic amines) is 1. The molecule has 0 spiro atoms. The summed E-state index contributed by atoms with van der Waals surface area (Å²) in [5.41, 5.74) is 7.72. The molecule has 1 aliphatic heterocycles. The van der Waals surface area contributed by atoms with Gasteiger partial charge in [0, 0.05) is 5.92 Å². The first-order valence-electron chi connectivity index (χ1n) is 9.04. The third kappa shape index (κ3) is 4.31. The number of piperidine rings is 1. The number of nitrogens with zero attached hydrogens (tertiary/aromatic N) is 1. The smallest absolute Gasteiger partial charge is 0.231 e. The highest BCUT2D eigenvalue weighted by Gasteiger charge is 2.29. The van der Waals surface area contributed by atoms with Crippen molar-refractivity contribution in [2.24, 2.45) is 11.7 Å². The Kier molecular flexibility index (Phi) is 5.58. The van der Waals surface area contributed by atoms with Crippen molar-refractivity contribution in [2.75, 3.05) is 26.7 Å². The van der Waals surface area contributed by atoms with Gasteiger partial charge in [0.05, 0.1) is 19.7 Å². The van der Waals surface area contributed by atoms with Gasteiger partial charge in [-0.1, -0.05) is 6.07 Å². The number of primary amides is 1. The van der Waals surface area contributed by atoms with Crippen LogP contribution in [0.15, 0.2) is 18.2 Å². The second kappa shape index (κ2) is 7.87. The standard InChI is InChI=1S/C19H27N3O3/c1-25-15-5-6-16-14(11-15)3-2-4-17(16)21-19(24)13-7-9-22(10-8-13)12-18(20)23/h5-6,11,13,17H,2-4,7-10,12H2,1H3,(H2,20,23)(H,21,24). The van der Waals surface area contributed by atoms with E-state index in [1.165, 1.54) is 11.1 Å². The van der Waals surface area contributed by atoms with Gasteiger partial charge in [0.2, 0.25) is 11.8 Å². The Hall–Kier alpha value is -2.08. The summed E-state index contributed by atoms with van der Waals surface area (Å²) in [6.07, 6.45) is 4.64. The zero-order chi connectivity index (χ0) is 17.8. The Labute approximate surface area is 148 Å². The molecular formula is C19H27N3O3. The molecule has 1 aromatic rings. The summed E-state index contributed by atoms with van der Waals surface area (Å²) in [5.74, 6) is 0.713. The summed E-state index contributed by atoms with van der Waals surface area (Å²) in [7, 11) is 1.68. The molecule has 0 aromatic heterocycles. The summed E-state index contributed by atoms with van der Waals surface area (Å²) in [4.78, 5) is 25.7. The van der Waals surface area contributed by atoms with Gasteiger partial charge in [0.15, 0.2) is 0 Å². The van der Waals surface area contributed by atoms with Gasteiger partial charge in [0.25, 0.3) is 0 Å². The lowest BCUT2D eigenvalue weighted by molar-refractivity contribution is -0.127.